The Balaban J connectivity index is 2.31. The Morgan fingerprint density at radius 3 is 2.94 bits per heavy atom. The number of hydrazine groups is 1. The van der Waals surface area contributed by atoms with E-state index in [4.69, 9.17) is 5.84 Å². The summed E-state index contributed by atoms with van der Waals surface area (Å²) in [5.41, 5.74) is 2.17. The van der Waals surface area contributed by atoms with Crippen LogP contribution in [0.5, 0.6) is 0 Å². The maximum Gasteiger partial charge on any atom is 0.344 e. The van der Waals surface area contributed by atoms with E-state index in [9.17, 15) is 4.79 Å². The molecule has 2 aromatic rings. The van der Waals surface area contributed by atoms with Crippen molar-refractivity contribution in [2.24, 2.45) is 5.84 Å². The van der Waals surface area contributed by atoms with Gasteiger partial charge in [-0.1, -0.05) is 0 Å². The van der Waals surface area contributed by atoms with Crippen LogP contribution in [0.4, 0.5) is 5.82 Å². The maximum atomic E-state index is 11.6. The van der Waals surface area contributed by atoms with Crippen molar-refractivity contribution >= 4 is 17.6 Å². The van der Waals surface area contributed by atoms with Gasteiger partial charge in [0.2, 0.25) is 0 Å². The van der Waals surface area contributed by atoms with Gasteiger partial charge in [-0.05, 0) is 25.6 Å². The molecule has 0 aliphatic rings. The largest absolute Gasteiger partial charge is 0.344 e. The lowest BCUT2D eigenvalue weighted by atomic mass is 10.4. The van der Waals surface area contributed by atoms with E-state index in [1.807, 2.05) is 13.8 Å². The van der Waals surface area contributed by atoms with Crippen LogP contribution < -0.4 is 17.0 Å². The first-order valence-corrected chi connectivity index (χ1v) is 6.07. The molecule has 0 saturated carbocycles. The van der Waals surface area contributed by atoms with E-state index in [2.05, 4.69) is 25.6 Å². The zero-order valence-electron chi connectivity index (χ0n) is 9.91. The van der Waals surface area contributed by atoms with Crippen molar-refractivity contribution in [2.45, 2.75) is 30.1 Å². The van der Waals surface area contributed by atoms with Crippen LogP contribution in [0.25, 0.3) is 0 Å². The Morgan fingerprint density at radius 1 is 1.50 bits per heavy atom. The Kier molecular flexibility index (Phi) is 3.63. The van der Waals surface area contributed by atoms with Crippen molar-refractivity contribution in [2.75, 3.05) is 5.43 Å². The summed E-state index contributed by atoms with van der Waals surface area (Å²) in [7, 11) is 0. The molecule has 2 aromatic heterocycles. The lowest BCUT2D eigenvalue weighted by molar-refractivity contribution is 0.534. The van der Waals surface area contributed by atoms with Crippen LogP contribution in [0, 0.1) is 0 Å². The van der Waals surface area contributed by atoms with Crippen molar-refractivity contribution in [1.29, 1.82) is 0 Å². The predicted molar refractivity (Wildman–Crippen MR) is 67.2 cm³/mol. The molecule has 0 aliphatic heterocycles. The van der Waals surface area contributed by atoms with Gasteiger partial charge in [0.25, 0.3) is 0 Å². The normalized spacial score (nSPS) is 10.9. The number of aromatic nitrogens is 5. The van der Waals surface area contributed by atoms with E-state index in [0.29, 0.717) is 16.0 Å². The third-order valence-corrected chi connectivity index (χ3v) is 3.02. The molecular weight excluding hydrogens is 254 g/mol. The van der Waals surface area contributed by atoms with Gasteiger partial charge in [0.1, 0.15) is 5.03 Å². The van der Waals surface area contributed by atoms with Crippen molar-refractivity contribution in [3.05, 3.63) is 22.9 Å². The Hall–Kier alpha value is -1.87. The number of rotatable bonds is 4. The third-order valence-electron chi connectivity index (χ3n) is 2.14. The molecule has 0 aliphatic carbocycles. The zero-order chi connectivity index (χ0) is 13.1. The molecule has 18 heavy (non-hydrogen) atoms. The van der Waals surface area contributed by atoms with Crippen LogP contribution in [0.15, 0.2) is 27.4 Å². The summed E-state index contributed by atoms with van der Waals surface area (Å²) in [5, 5.41) is 7.52. The van der Waals surface area contributed by atoms with Crippen LogP contribution in [0.1, 0.15) is 19.9 Å². The van der Waals surface area contributed by atoms with Gasteiger partial charge in [-0.15, -0.1) is 5.10 Å². The molecule has 0 fully saturated rings. The number of H-pyrrole nitrogens is 1. The summed E-state index contributed by atoms with van der Waals surface area (Å²) in [6.45, 7) is 3.81. The average Bonchev–Trinajstić information content (AvgIpc) is 2.70. The summed E-state index contributed by atoms with van der Waals surface area (Å²) in [5.74, 6) is 5.71. The molecule has 0 aromatic carbocycles. The number of nitrogens with one attached hydrogen (secondary N) is 2. The van der Waals surface area contributed by atoms with E-state index < -0.39 is 0 Å². The number of anilines is 1. The highest BCUT2D eigenvalue weighted by Crippen LogP contribution is 2.24. The first kappa shape index (κ1) is 12.6. The highest BCUT2D eigenvalue weighted by molar-refractivity contribution is 7.99. The van der Waals surface area contributed by atoms with Crippen LogP contribution in [0.2, 0.25) is 0 Å². The van der Waals surface area contributed by atoms with Gasteiger partial charge in [0.05, 0.1) is 12.4 Å². The standard InChI is InChI=1S/C9H13N7OS/c1-5(2)16-8(17)14-15-9(16)18-7-4-11-3-6(12-7)13-10/h3-5H,10H2,1-2H3,(H,12,13)(H,14,17). The number of nitrogen functional groups attached to an aromatic ring is 1. The molecule has 0 saturated heterocycles. The number of aromatic amines is 1. The van der Waals surface area contributed by atoms with Gasteiger partial charge in [0.15, 0.2) is 11.0 Å². The monoisotopic (exact) mass is 267 g/mol. The topological polar surface area (TPSA) is 115 Å². The highest BCUT2D eigenvalue weighted by Gasteiger charge is 2.13. The second-order valence-corrected chi connectivity index (χ2v) is 4.75. The molecule has 0 amide bonds. The first-order chi connectivity index (χ1) is 8.61. The average molecular weight is 267 g/mol. The minimum absolute atomic E-state index is 0.0162. The lowest BCUT2D eigenvalue weighted by Crippen LogP contribution is -2.19. The van der Waals surface area contributed by atoms with Gasteiger partial charge >= 0.3 is 5.69 Å². The highest BCUT2D eigenvalue weighted by atomic mass is 32.2. The Morgan fingerprint density at radius 2 is 2.28 bits per heavy atom. The molecule has 2 heterocycles. The van der Waals surface area contributed by atoms with E-state index in [0.717, 1.165) is 0 Å². The lowest BCUT2D eigenvalue weighted by Gasteiger charge is -2.08. The fourth-order valence-electron chi connectivity index (χ4n) is 1.38. The van der Waals surface area contributed by atoms with E-state index in [-0.39, 0.29) is 11.7 Å². The van der Waals surface area contributed by atoms with Crippen molar-refractivity contribution in [3.8, 4) is 0 Å². The van der Waals surface area contributed by atoms with Crippen LogP contribution in [0.3, 0.4) is 0 Å². The molecule has 4 N–H and O–H groups in total. The number of hydrogen-bond acceptors (Lipinski definition) is 7. The van der Waals surface area contributed by atoms with Crippen LogP contribution in [-0.4, -0.2) is 24.7 Å². The van der Waals surface area contributed by atoms with Gasteiger partial charge in [-0.3, -0.25) is 9.55 Å². The molecule has 9 heteroatoms. The second kappa shape index (κ2) is 5.19. The SMILES string of the molecule is CC(C)n1c(Sc2cncc(NN)n2)n[nH]c1=O. The van der Waals surface area contributed by atoms with Crippen molar-refractivity contribution in [1.82, 2.24) is 24.7 Å². The number of nitrogens with zero attached hydrogens (tertiary/aromatic N) is 4. The zero-order valence-corrected chi connectivity index (χ0v) is 10.7. The Bertz CT molecular complexity index is 591. The third kappa shape index (κ3) is 2.51. The van der Waals surface area contributed by atoms with E-state index in [1.54, 1.807) is 10.8 Å². The quantitative estimate of drug-likeness (QED) is 0.542. The first-order valence-electron chi connectivity index (χ1n) is 5.25. The summed E-state index contributed by atoms with van der Waals surface area (Å²) in [6.07, 6.45) is 3.08. The molecule has 96 valence electrons. The van der Waals surface area contributed by atoms with Crippen molar-refractivity contribution < 1.29 is 0 Å². The predicted octanol–water partition coefficient (Wildman–Crippen LogP) is 0.379. The molecular formula is C9H13N7OS. The van der Waals surface area contributed by atoms with Gasteiger partial charge < -0.3 is 5.43 Å². The molecule has 0 radical (unpaired) electrons. The maximum absolute atomic E-state index is 11.6. The summed E-state index contributed by atoms with van der Waals surface area (Å²) in [4.78, 5) is 19.7. The molecule has 0 bridgehead atoms. The summed E-state index contributed by atoms with van der Waals surface area (Å²) >= 11 is 1.24. The fourth-order valence-corrected chi connectivity index (χ4v) is 2.31. The Labute approximate surface area is 107 Å². The van der Waals surface area contributed by atoms with Gasteiger partial charge in [-0.2, -0.15) is 0 Å². The number of nitrogens with two attached hydrogens (primary N) is 1. The summed E-state index contributed by atoms with van der Waals surface area (Å²) in [6, 6.07) is 0.0162. The van der Waals surface area contributed by atoms with Gasteiger partial charge in [0, 0.05) is 6.04 Å². The molecule has 0 spiro atoms. The molecule has 2 rings (SSSR count). The molecule has 0 unspecified atom stereocenters. The van der Waals surface area contributed by atoms with E-state index >= 15 is 0 Å². The fraction of sp³-hybridized carbons (Fsp3) is 0.333. The van der Waals surface area contributed by atoms with Gasteiger partial charge in [-0.25, -0.2) is 20.7 Å². The van der Waals surface area contributed by atoms with E-state index in [1.165, 1.54) is 18.0 Å². The van der Waals surface area contributed by atoms with Crippen molar-refractivity contribution in [3.63, 3.8) is 0 Å². The minimum Gasteiger partial charge on any atom is -0.307 e. The van der Waals surface area contributed by atoms with Crippen LogP contribution in [-0.2, 0) is 0 Å². The summed E-state index contributed by atoms with van der Waals surface area (Å²) < 4.78 is 1.55. The molecule has 0 atom stereocenters. The minimum atomic E-state index is -0.242. The van der Waals surface area contributed by atoms with Crippen LogP contribution >= 0.6 is 11.8 Å². The molecule has 8 nitrogen and oxygen atoms in total. The smallest absolute Gasteiger partial charge is 0.307 e. The second-order valence-electron chi connectivity index (χ2n) is 3.76. The number of hydrogen-bond donors (Lipinski definition) is 3.